The Morgan fingerprint density at radius 3 is 2.33 bits per heavy atom. The first-order chi connectivity index (χ1) is 17.6. The number of hydrogen-bond acceptors (Lipinski definition) is 7. The van der Waals surface area contributed by atoms with E-state index in [1.54, 1.807) is 39.6 Å². The number of methoxy groups -OCH3 is 1. The second kappa shape index (κ2) is 8.62. The maximum atomic E-state index is 13.9. The topological polar surface area (TPSA) is 113 Å². The zero-order chi connectivity index (χ0) is 24.6. The Morgan fingerprint density at radius 2 is 1.64 bits per heavy atom. The summed E-state index contributed by atoms with van der Waals surface area (Å²) in [4.78, 5) is 27.7. The molecule has 0 bridgehead atoms. The molecule has 0 aliphatic carbocycles. The van der Waals surface area contributed by atoms with Crippen molar-refractivity contribution in [2.45, 2.75) is 6.42 Å². The van der Waals surface area contributed by atoms with Crippen LogP contribution in [0.15, 0.2) is 84.0 Å². The van der Waals surface area contributed by atoms with Crippen molar-refractivity contribution in [3.63, 3.8) is 0 Å². The summed E-state index contributed by atoms with van der Waals surface area (Å²) in [7, 11) is 1.60. The van der Waals surface area contributed by atoms with E-state index >= 15 is 0 Å². The van der Waals surface area contributed by atoms with Gasteiger partial charge in [-0.2, -0.15) is 4.68 Å². The van der Waals surface area contributed by atoms with Crippen LogP contribution in [0, 0.1) is 0 Å². The van der Waals surface area contributed by atoms with Gasteiger partial charge in [0.2, 0.25) is 0 Å². The van der Waals surface area contributed by atoms with Gasteiger partial charge >= 0.3 is 0 Å². The molecule has 2 aromatic carbocycles. The van der Waals surface area contributed by atoms with Gasteiger partial charge in [0.1, 0.15) is 17.8 Å². The maximum absolute atomic E-state index is 13.9. The lowest BCUT2D eigenvalue weighted by molar-refractivity contribution is 0.0973. The molecule has 5 aromatic rings. The minimum atomic E-state index is -0.191. The Morgan fingerprint density at radius 1 is 0.889 bits per heavy atom. The van der Waals surface area contributed by atoms with Crippen molar-refractivity contribution in [1.82, 2.24) is 34.6 Å². The van der Waals surface area contributed by atoms with Gasteiger partial charge in [0, 0.05) is 35.7 Å². The van der Waals surface area contributed by atoms with E-state index in [-0.39, 0.29) is 11.5 Å². The summed E-state index contributed by atoms with van der Waals surface area (Å²) >= 11 is 0. The molecule has 1 aliphatic heterocycles. The van der Waals surface area contributed by atoms with Gasteiger partial charge in [-0.3, -0.25) is 14.2 Å². The predicted molar refractivity (Wildman–Crippen MR) is 130 cm³/mol. The quantitative estimate of drug-likeness (QED) is 0.379. The number of anilines is 1. The molecule has 4 heterocycles. The number of pyridine rings is 1. The monoisotopic (exact) mass is 480 g/mol. The summed E-state index contributed by atoms with van der Waals surface area (Å²) in [5.41, 5.74) is 3.25. The number of ether oxygens (including phenoxy) is 1. The molecule has 1 aliphatic rings. The molecule has 3 aromatic heterocycles. The molecular formula is C25H20N8O3. The van der Waals surface area contributed by atoms with Gasteiger partial charge < -0.3 is 9.64 Å². The molecule has 0 radical (unpaired) electrons. The number of fused-ring (bicyclic) bond motifs is 1. The second-order valence-electron chi connectivity index (χ2n) is 8.15. The van der Waals surface area contributed by atoms with Crippen LogP contribution in [0.2, 0.25) is 0 Å². The van der Waals surface area contributed by atoms with Gasteiger partial charge in [0.05, 0.1) is 12.8 Å². The van der Waals surface area contributed by atoms with Crippen LogP contribution in [-0.2, 0) is 6.42 Å². The summed E-state index contributed by atoms with van der Waals surface area (Å²) in [6.45, 7) is 0.458. The zero-order valence-corrected chi connectivity index (χ0v) is 19.2. The molecule has 0 N–H and O–H groups in total. The van der Waals surface area contributed by atoms with Crippen molar-refractivity contribution in [2.24, 2.45) is 0 Å². The fourth-order valence-electron chi connectivity index (χ4n) is 4.37. The number of amides is 1. The van der Waals surface area contributed by atoms with Gasteiger partial charge in [-0.1, -0.05) is 6.07 Å². The molecule has 1 amide bonds. The smallest absolute Gasteiger partial charge is 0.277 e. The van der Waals surface area contributed by atoms with Crippen LogP contribution in [0.1, 0.15) is 16.1 Å². The Labute approximate surface area is 204 Å². The molecule has 36 heavy (non-hydrogen) atoms. The Balaban J connectivity index is 1.41. The van der Waals surface area contributed by atoms with Crippen LogP contribution in [0.5, 0.6) is 5.75 Å². The average Bonchev–Trinajstić information content (AvgIpc) is 3.58. The van der Waals surface area contributed by atoms with Crippen molar-refractivity contribution >= 4 is 11.6 Å². The number of hydrogen-bond donors (Lipinski definition) is 0. The van der Waals surface area contributed by atoms with Crippen LogP contribution in [0.3, 0.4) is 0 Å². The number of nitrogens with zero attached hydrogens (tertiary/aromatic N) is 8. The van der Waals surface area contributed by atoms with Crippen molar-refractivity contribution in [1.29, 1.82) is 0 Å². The van der Waals surface area contributed by atoms with E-state index in [2.05, 4.69) is 15.5 Å². The van der Waals surface area contributed by atoms with Gasteiger partial charge in [-0.25, -0.2) is 4.68 Å². The number of benzene rings is 2. The molecule has 11 nitrogen and oxygen atoms in total. The number of aromatic nitrogens is 7. The first-order valence-corrected chi connectivity index (χ1v) is 11.2. The summed E-state index contributed by atoms with van der Waals surface area (Å²) in [6.07, 6.45) is 3.73. The van der Waals surface area contributed by atoms with Gasteiger partial charge in [-0.15, -0.1) is 10.2 Å². The Kier molecular flexibility index (Phi) is 5.14. The maximum Gasteiger partial charge on any atom is 0.277 e. The van der Waals surface area contributed by atoms with E-state index in [1.807, 2.05) is 48.5 Å². The summed E-state index contributed by atoms with van der Waals surface area (Å²) < 4.78 is 9.91. The average molecular weight is 480 g/mol. The lowest BCUT2D eigenvalue weighted by Gasteiger charge is -2.28. The van der Waals surface area contributed by atoms with E-state index in [1.165, 1.54) is 17.1 Å². The highest BCUT2D eigenvalue weighted by Crippen LogP contribution is 2.30. The number of rotatable bonds is 5. The van der Waals surface area contributed by atoms with Gasteiger partial charge in [0.25, 0.3) is 11.5 Å². The summed E-state index contributed by atoms with van der Waals surface area (Å²) in [6, 6.07) is 19.7. The summed E-state index contributed by atoms with van der Waals surface area (Å²) in [5.74, 6) is 1.02. The van der Waals surface area contributed by atoms with Crippen molar-refractivity contribution in [3.8, 4) is 22.9 Å². The Bertz CT molecular complexity index is 1600. The van der Waals surface area contributed by atoms with Crippen LogP contribution in [0.25, 0.3) is 17.2 Å². The number of tetrazole rings is 1. The molecule has 6 rings (SSSR count). The minimum absolute atomic E-state index is 0.123. The lowest BCUT2D eigenvalue weighted by atomic mass is 10.0. The largest absolute Gasteiger partial charge is 0.497 e. The number of carbonyl (C=O) groups excluding carboxylic acids is 1. The third-order valence-electron chi connectivity index (χ3n) is 6.14. The van der Waals surface area contributed by atoms with Crippen LogP contribution in [-0.4, -0.2) is 54.1 Å². The fraction of sp³-hybridized carbons (Fsp3) is 0.120. The molecule has 0 atom stereocenters. The fourth-order valence-corrected chi connectivity index (χ4v) is 4.37. The van der Waals surface area contributed by atoms with E-state index in [0.717, 1.165) is 16.9 Å². The lowest BCUT2D eigenvalue weighted by Crippen LogP contribution is -2.38. The van der Waals surface area contributed by atoms with E-state index < -0.39 is 0 Å². The molecule has 178 valence electrons. The normalized spacial score (nSPS) is 13.0. The van der Waals surface area contributed by atoms with Crippen molar-refractivity contribution in [3.05, 3.63) is 101 Å². The van der Waals surface area contributed by atoms with E-state index in [9.17, 15) is 9.59 Å². The third kappa shape index (κ3) is 3.54. The standard InChI is InChI=1S/C25H20N8O3/c1-36-20-11-9-19(10-12-20)33-23-21(24(27-33)32-16-26-28-29-32)13-15-31(25(23)35)18-7-5-17(6-8-18)30-14-3-2-4-22(30)34/h2-12,14,16H,13,15H2,1H3. The van der Waals surface area contributed by atoms with Gasteiger partial charge in [0.15, 0.2) is 5.82 Å². The predicted octanol–water partition coefficient (Wildman–Crippen LogP) is 2.21. The van der Waals surface area contributed by atoms with E-state index in [0.29, 0.717) is 35.9 Å². The molecular weight excluding hydrogens is 460 g/mol. The van der Waals surface area contributed by atoms with E-state index in [4.69, 9.17) is 9.84 Å². The first kappa shape index (κ1) is 21.5. The van der Waals surface area contributed by atoms with Crippen LogP contribution < -0.4 is 15.2 Å². The van der Waals surface area contributed by atoms with Crippen molar-refractivity contribution < 1.29 is 9.53 Å². The molecule has 0 spiro atoms. The first-order valence-electron chi connectivity index (χ1n) is 11.2. The second-order valence-corrected chi connectivity index (χ2v) is 8.15. The third-order valence-corrected chi connectivity index (χ3v) is 6.14. The van der Waals surface area contributed by atoms with Crippen LogP contribution in [0.4, 0.5) is 5.69 Å². The molecule has 0 unspecified atom stereocenters. The highest BCUT2D eigenvalue weighted by atomic mass is 16.5. The molecule has 0 saturated carbocycles. The van der Waals surface area contributed by atoms with Crippen LogP contribution >= 0.6 is 0 Å². The summed E-state index contributed by atoms with van der Waals surface area (Å²) in [5, 5.41) is 16.1. The molecule has 11 heteroatoms. The zero-order valence-electron chi connectivity index (χ0n) is 19.2. The highest BCUT2D eigenvalue weighted by Gasteiger charge is 2.34. The number of carbonyl (C=O) groups is 1. The minimum Gasteiger partial charge on any atom is -0.497 e. The van der Waals surface area contributed by atoms with Crippen molar-refractivity contribution in [2.75, 3.05) is 18.6 Å². The SMILES string of the molecule is COc1ccc(-n2nc(-n3cnnn3)c3c2C(=O)N(c2ccc(-n4ccccc4=O)cc2)CC3)cc1. The Hall–Kier alpha value is -5.06. The molecule has 0 saturated heterocycles. The highest BCUT2D eigenvalue weighted by molar-refractivity contribution is 6.08. The molecule has 0 fully saturated rings. The van der Waals surface area contributed by atoms with Gasteiger partial charge in [-0.05, 0) is 71.4 Å².